The van der Waals surface area contributed by atoms with Crippen molar-refractivity contribution in [2.75, 3.05) is 0 Å². The maximum atomic E-state index is 11.2. The maximum absolute atomic E-state index is 11.2. The van der Waals surface area contributed by atoms with Crippen molar-refractivity contribution in [2.24, 2.45) is 23.7 Å². The normalized spacial score (nSPS) is 28.5. The average Bonchev–Trinajstić information content (AvgIpc) is 2.15. The molecular formula is C12H22CaO4. The van der Waals surface area contributed by atoms with Crippen molar-refractivity contribution < 1.29 is 19.8 Å². The van der Waals surface area contributed by atoms with Gasteiger partial charge >= 0.3 is 49.7 Å². The van der Waals surface area contributed by atoms with Gasteiger partial charge in [0.15, 0.2) is 0 Å². The van der Waals surface area contributed by atoms with Crippen molar-refractivity contribution in [1.82, 2.24) is 0 Å². The molecule has 1 fully saturated rings. The third-order valence-electron chi connectivity index (χ3n) is 3.41. The fourth-order valence-electron chi connectivity index (χ4n) is 2.81. The summed E-state index contributed by atoms with van der Waals surface area (Å²) in [5, 5.41) is 18.2. The Morgan fingerprint density at radius 2 is 1.76 bits per heavy atom. The summed E-state index contributed by atoms with van der Waals surface area (Å²) < 4.78 is 0. The Morgan fingerprint density at radius 3 is 2.18 bits per heavy atom. The Balaban J connectivity index is 0.00000256. The van der Waals surface area contributed by atoms with Gasteiger partial charge in [-0.1, -0.05) is 20.3 Å². The Kier molecular flexibility index (Phi) is 7.68. The standard InChI is InChI=1S/C12H20O4.Ca.2H/c1-7(2)6-8-4-3-5-9(11(13)14)10(8)12(15)16;;;/h7-10H,3-6H2,1-2H3,(H,13,14)(H,15,16);;;. The van der Waals surface area contributed by atoms with E-state index in [1.54, 1.807) is 0 Å². The van der Waals surface area contributed by atoms with Gasteiger partial charge in [0, 0.05) is 0 Å². The van der Waals surface area contributed by atoms with Crippen molar-refractivity contribution >= 4 is 49.7 Å². The van der Waals surface area contributed by atoms with Crippen molar-refractivity contribution in [2.45, 2.75) is 39.5 Å². The van der Waals surface area contributed by atoms with Gasteiger partial charge in [-0.2, -0.15) is 0 Å². The van der Waals surface area contributed by atoms with E-state index in [0.29, 0.717) is 12.3 Å². The summed E-state index contributed by atoms with van der Waals surface area (Å²) in [4.78, 5) is 22.2. The van der Waals surface area contributed by atoms with Gasteiger partial charge in [0.1, 0.15) is 0 Å². The summed E-state index contributed by atoms with van der Waals surface area (Å²) in [5.74, 6) is -2.87. The number of carbonyl (C=O) groups is 2. The molecule has 17 heavy (non-hydrogen) atoms. The molecule has 1 rings (SSSR count). The van der Waals surface area contributed by atoms with Gasteiger partial charge in [-0.15, -0.1) is 0 Å². The Bertz CT molecular complexity index is 278. The molecule has 4 nitrogen and oxygen atoms in total. The van der Waals surface area contributed by atoms with Crippen LogP contribution >= 0.6 is 0 Å². The molecule has 0 aromatic carbocycles. The van der Waals surface area contributed by atoms with E-state index >= 15 is 0 Å². The first-order valence-electron chi connectivity index (χ1n) is 5.89. The second-order valence-electron chi connectivity index (χ2n) is 5.13. The van der Waals surface area contributed by atoms with Crippen LogP contribution in [0.3, 0.4) is 0 Å². The fraction of sp³-hybridized carbons (Fsp3) is 0.833. The van der Waals surface area contributed by atoms with Crippen LogP contribution in [-0.4, -0.2) is 59.9 Å². The van der Waals surface area contributed by atoms with Crippen LogP contribution in [0.4, 0.5) is 0 Å². The number of hydrogen-bond acceptors (Lipinski definition) is 2. The van der Waals surface area contributed by atoms with Crippen LogP contribution in [0.5, 0.6) is 0 Å². The predicted octanol–water partition coefficient (Wildman–Crippen LogP) is 1.32. The Morgan fingerprint density at radius 1 is 1.18 bits per heavy atom. The predicted molar refractivity (Wildman–Crippen MR) is 67.6 cm³/mol. The molecule has 1 aliphatic rings. The average molecular weight is 270 g/mol. The minimum absolute atomic E-state index is 0. The third kappa shape index (κ3) is 4.76. The molecule has 96 valence electrons. The van der Waals surface area contributed by atoms with E-state index in [0.717, 1.165) is 19.3 Å². The number of carboxylic acid groups (broad SMARTS) is 2. The molecule has 0 radical (unpaired) electrons. The summed E-state index contributed by atoms with van der Waals surface area (Å²) in [7, 11) is 0. The van der Waals surface area contributed by atoms with Gasteiger partial charge in [0.25, 0.3) is 0 Å². The molecule has 5 heteroatoms. The minimum atomic E-state index is -0.958. The molecule has 0 bridgehead atoms. The van der Waals surface area contributed by atoms with E-state index in [4.69, 9.17) is 5.11 Å². The SMILES string of the molecule is CC(C)CC1CCCC(C(=O)O)C1C(=O)O.[CaH2]. The van der Waals surface area contributed by atoms with Crippen LogP contribution in [0.2, 0.25) is 0 Å². The second kappa shape index (κ2) is 7.59. The number of aliphatic carboxylic acids is 2. The molecule has 3 atom stereocenters. The topological polar surface area (TPSA) is 74.6 Å². The summed E-state index contributed by atoms with van der Waals surface area (Å²) in [5.41, 5.74) is 0. The molecule has 2 N–H and O–H groups in total. The molecule has 0 aliphatic heterocycles. The van der Waals surface area contributed by atoms with E-state index in [1.165, 1.54) is 0 Å². The van der Waals surface area contributed by atoms with Gasteiger partial charge in [-0.3, -0.25) is 9.59 Å². The van der Waals surface area contributed by atoms with Crippen LogP contribution in [0, 0.1) is 23.7 Å². The van der Waals surface area contributed by atoms with Crippen molar-refractivity contribution in [3.05, 3.63) is 0 Å². The number of carboxylic acids is 2. The quantitative estimate of drug-likeness (QED) is 0.756. The second-order valence-corrected chi connectivity index (χ2v) is 5.13. The first kappa shape index (κ1) is 17.2. The van der Waals surface area contributed by atoms with E-state index in [2.05, 4.69) is 0 Å². The van der Waals surface area contributed by atoms with Crippen LogP contribution in [0.1, 0.15) is 39.5 Å². The molecule has 0 aromatic heterocycles. The first-order chi connectivity index (χ1) is 7.43. The number of hydrogen-bond donors (Lipinski definition) is 2. The van der Waals surface area contributed by atoms with Crippen LogP contribution < -0.4 is 0 Å². The van der Waals surface area contributed by atoms with Crippen LogP contribution in [-0.2, 0) is 9.59 Å². The zero-order valence-corrected chi connectivity index (χ0v) is 9.85. The van der Waals surface area contributed by atoms with Gasteiger partial charge in [-0.25, -0.2) is 0 Å². The van der Waals surface area contributed by atoms with E-state index < -0.39 is 23.8 Å². The molecular weight excluding hydrogens is 248 g/mol. The third-order valence-corrected chi connectivity index (χ3v) is 3.41. The van der Waals surface area contributed by atoms with Crippen LogP contribution in [0.25, 0.3) is 0 Å². The van der Waals surface area contributed by atoms with Gasteiger partial charge < -0.3 is 10.2 Å². The van der Waals surface area contributed by atoms with Crippen molar-refractivity contribution in [3.8, 4) is 0 Å². The molecule has 3 unspecified atom stereocenters. The molecule has 0 aromatic rings. The Hall–Kier alpha value is 0.200. The summed E-state index contributed by atoms with van der Waals surface area (Å²) in [6, 6.07) is 0. The van der Waals surface area contributed by atoms with Gasteiger partial charge in [0.2, 0.25) is 0 Å². The molecule has 0 amide bonds. The monoisotopic (exact) mass is 270 g/mol. The molecule has 0 saturated heterocycles. The van der Waals surface area contributed by atoms with Gasteiger partial charge in [-0.05, 0) is 31.1 Å². The summed E-state index contributed by atoms with van der Waals surface area (Å²) in [6.45, 7) is 4.09. The van der Waals surface area contributed by atoms with Crippen LogP contribution in [0.15, 0.2) is 0 Å². The fourth-order valence-corrected chi connectivity index (χ4v) is 2.81. The van der Waals surface area contributed by atoms with Crippen molar-refractivity contribution in [3.63, 3.8) is 0 Å². The first-order valence-corrected chi connectivity index (χ1v) is 5.89. The zero-order valence-electron chi connectivity index (χ0n) is 9.85. The summed E-state index contributed by atoms with van der Waals surface area (Å²) >= 11 is 0. The molecule has 1 aliphatic carbocycles. The molecule has 0 heterocycles. The summed E-state index contributed by atoms with van der Waals surface area (Å²) in [6.07, 6.45) is 2.98. The van der Waals surface area contributed by atoms with E-state index in [1.807, 2.05) is 13.8 Å². The number of rotatable bonds is 4. The van der Waals surface area contributed by atoms with E-state index in [-0.39, 0.29) is 43.7 Å². The van der Waals surface area contributed by atoms with E-state index in [9.17, 15) is 14.7 Å². The molecule has 0 spiro atoms. The zero-order chi connectivity index (χ0) is 12.3. The molecule has 1 saturated carbocycles. The Labute approximate surface area is 132 Å². The van der Waals surface area contributed by atoms with Crippen molar-refractivity contribution in [1.29, 1.82) is 0 Å². The van der Waals surface area contributed by atoms with Gasteiger partial charge in [0.05, 0.1) is 11.8 Å².